The molecule has 0 aromatic heterocycles. The molecule has 27 heavy (non-hydrogen) atoms. The first-order valence-electron chi connectivity index (χ1n) is 7.97. The molecule has 0 unspecified atom stereocenters. The molecule has 0 saturated carbocycles. The standard InChI is InChI=1S/C18H20ClN3O4S/c1-12-7-8-13(18(24)20-11-17(23)22(2)3)9-16(12)27(25,26)21-15-6-4-5-14(19)10-15/h4-10,21H,11H2,1-3H3,(H,20,24). The quantitative estimate of drug-likeness (QED) is 0.764. The molecule has 9 heteroatoms. The molecule has 2 amide bonds. The van der Waals surface area contributed by atoms with Crippen molar-refractivity contribution in [3.8, 4) is 0 Å². The van der Waals surface area contributed by atoms with Crippen LogP contribution in [-0.2, 0) is 14.8 Å². The van der Waals surface area contributed by atoms with Crippen molar-refractivity contribution >= 4 is 39.1 Å². The Labute approximate surface area is 163 Å². The van der Waals surface area contributed by atoms with Gasteiger partial charge < -0.3 is 10.2 Å². The molecular weight excluding hydrogens is 390 g/mol. The Balaban J connectivity index is 2.25. The molecule has 2 N–H and O–H groups in total. The van der Waals surface area contributed by atoms with E-state index in [0.29, 0.717) is 16.3 Å². The van der Waals surface area contributed by atoms with Crippen molar-refractivity contribution in [1.82, 2.24) is 10.2 Å². The van der Waals surface area contributed by atoms with Gasteiger partial charge in [0.05, 0.1) is 17.1 Å². The summed E-state index contributed by atoms with van der Waals surface area (Å²) in [5.41, 5.74) is 0.928. The number of halogens is 1. The first kappa shape index (κ1) is 20.7. The lowest BCUT2D eigenvalue weighted by molar-refractivity contribution is -0.127. The van der Waals surface area contributed by atoms with Gasteiger partial charge in [-0.05, 0) is 42.8 Å². The molecule has 0 aliphatic heterocycles. The number of sulfonamides is 1. The predicted molar refractivity (Wildman–Crippen MR) is 104 cm³/mol. The van der Waals surface area contributed by atoms with Crippen LogP contribution in [0.25, 0.3) is 0 Å². The van der Waals surface area contributed by atoms with Crippen LogP contribution in [0, 0.1) is 6.92 Å². The molecule has 0 fully saturated rings. The zero-order valence-corrected chi connectivity index (χ0v) is 16.7. The summed E-state index contributed by atoms with van der Waals surface area (Å²) in [6, 6.07) is 10.6. The van der Waals surface area contributed by atoms with E-state index in [1.807, 2.05) is 0 Å². The predicted octanol–water partition coefficient (Wildman–Crippen LogP) is 2.27. The SMILES string of the molecule is Cc1ccc(C(=O)NCC(=O)N(C)C)cc1S(=O)(=O)Nc1cccc(Cl)c1. The number of rotatable bonds is 6. The highest BCUT2D eigenvalue weighted by atomic mass is 35.5. The third-order valence-electron chi connectivity index (χ3n) is 3.72. The minimum Gasteiger partial charge on any atom is -0.347 e. The molecule has 0 bridgehead atoms. The third-order valence-corrected chi connectivity index (χ3v) is 5.47. The molecule has 0 radical (unpaired) electrons. The molecule has 0 aliphatic rings. The molecular formula is C18H20ClN3O4S. The largest absolute Gasteiger partial charge is 0.347 e. The maximum absolute atomic E-state index is 12.7. The number of hydrogen-bond acceptors (Lipinski definition) is 4. The van der Waals surface area contributed by atoms with Gasteiger partial charge in [-0.3, -0.25) is 14.3 Å². The van der Waals surface area contributed by atoms with Crippen LogP contribution < -0.4 is 10.0 Å². The number of hydrogen-bond donors (Lipinski definition) is 2. The highest BCUT2D eigenvalue weighted by Gasteiger charge is 2.20. The normalized spacial score (nSPS) is 11.0. The number of likely N-dealkylation sites (N-methyl/N-ethyl adjacent to an activating group) is 1. The second-order valence-corrected chi connectivity index (χ2v) is 8.15. The van der Waals surface area contributed by atoms with E-state index in [9.17, 15) is 18.0 Å². The van der Waals surface area contributed by atoms with Gasteiger partial charge >= 0.3 is 0 Å². The van der Waals surface area contributed by atoms with Gasteiger partial charge in [0.2, 0.25) is 5.91 Å². The molecule has 0 saturated heterocycles. The Morgan fingerprint density at radius 1 is 1.11 bits per heavy atom. The highest BCUT2D eigenvalue weighted by Crippen LogP contribution is 2.22. The van der Waals surface area contributed by atoms with Crippen molar-refractivity contribution in [2.75, 3.05) is 25.4 Å². The van der Waals surface area contributed by atoms with Gasteiger partial charge in [-0.15, -0.1) is 0 Å². The number of carbonyl (C=O) groups excluding carboxylic acids is 2. The van der Waals surface area contributed by atoms with Gasteiger partial charge in [0.25, 0.3) is 15.9 Å². The van der Waals surface area contributed by atoms with Crippen LogP contribution in [0.15, 0.2) is 47.4 Å². The number of carbonyl (C=O) groups is 2. The number of aryl methyl sites for hydroxylation is 1. The van der Waals surface area contributed by atoms with Crippen molar-refractivity contribution in [1.29, 1.82) is 0 Å². The Morgan fingerprint density at radius 3 is 2.44 bits per heavy atom. The van der Waals surface area contributed by atoms with E-state index >= 15 is 0 Å². The van der Waals surface area contributed by atoms with Crippen molar-refractivity contribution in [3.05, 3.63) is 58.6 Å². The molecule has 0 aliphatic carbocycles. The van der Waals surface area contributed by atoms with Gasteiger partial charge in [-0.1, -0.05) is 23.7 Å². The Hall–Kier alpha value is -2.58. The average molecular weight is 410 g/mol. The van der Waals surface area contributed by atoms with Crippen LogP contribution in [0.3, 0.4) is 0 Å². The molecule has 2 rings (SSSR count). The highest BCUT2D eigenvalue weighted by molar-refractivity contribution is 7.92. The van der Waals surface area contributed by atoms with E-state index in [4.69, 9.17) is 11.6 Å². The number of benzene rings is 2. The van der Waals surface area contributed by atoms with Gasteiger partial charge in [-0.2, -0.15) is 0 Å². The lowest BCUT2D eigenvalue weighted by Crippen LogP contribution is -2.36. The Bertz CT molecular complexity index is 974. The first-order valence-corrected chi connectivity index (χ1v) is 9.83. The molecule has 0 atom stereocenters. The van der Waals surface area contributed by atoms with E-state index in [2.05, 4.69) is 10.0 Å². The van der Waals surface area contributed by atoms with Gasteiger partial charge in [0.1, 0.15) is 0 Å². The third kappa shape index (κ3) is 5.45. The Morgan fingerprint density at radius 2 is 1.81 bits per heavy atom. The minimum absolute atomic E-state index is 0.0333. The van der Waals surface area contributed by atoms with Crippen molar-refractivity contribution in [2.24, 2.45) is 0 Å². The topological polar surface area (TPSA) is 95.6 Å². The number of anilines is 1. The van der Waals surface area contributed by atoms with Crippen LogP contribution in [0.5, 0.6) is 0 Å². The van der Waals surface area contributed by atoms with E-state index in [-0.39, 0.29) is 22.9 Å². The fourth-order valence-electron chi connectivity index (χ4n) is 2.21. The summed E-state index contributed by atoms with van der Waals surface area (Å²) in [6.45, 7) is 1.45. The molecule has 2 aromatic carbocycles. The van der Waals surface area contributed by atoms with E-state index in [1.54, 1.807) is 39.2 Å². The van der Waals surface area contributed by atoms with Gasteiger partial charge in [0.15, 0.2) is 0 Å². The van der Waals surface area contributed by atoms with Crippen LogP contribution >= 0.6 is 11.6 Å². The van der Waals surface area contributed by atoms with Crippen molar-refractivity contribution in [2.45, 2.75) is 11.8 Å². The molecule has 0 spiro atoms. The molecule has 2 aromatic rings. The first-order chi connectivity index (χ1) is 12.6. The summed E-state index contributed by atoms with van der Waals surface area (Å²) in [6.07, 6.45) is 0. The summed E-state index contributed by atoms with van der Waals surface area (Å²) in [4.78, 5) is 25.1. The minimum atomic E-state index is -3.93. The number of nitrogens with zero attached hydrogens (tertiary/aromatic N) is 1. The van der Waals surface area contributed by atoms with Gasteiger partial charge in [-0.25, -0.2) is 8.42 Å². The summed E-state index contributed by atoms with van der Waals surface area (Å²) in [5.74, 6) is -0.810. The van der Waals surface area contributed by atoms with Crippen LogP contribution in [0.4, 0.5) is 5.69 Å². The zero-order valence-electron chi connectivity index (χ0n) is 15.1. The smallest absolute Gasteiger partial charge is 0.262 e. The lowest BCUT2D eigenvalue weighted by Gasteiger charge is -2.13. The maximum atomic E-state index is 12.7. The summed E-state index contributed by atoms with van der Waals surface area (Å²) in [5, 5.41) is 2.87. The molecule has 7 nitrogen and oxygen atoms in total. The zero-order chi connectivity index (χ0) is 20.2. The van der Waals surface area contributed by atoms with E-state index in [0.717, 1.165) is 0 Å². The summed E-state index contributed by atoms with van der Waals surface area (Å²) in [7, 11) is -0.773. The van der Waals surface area contributed by atoms with Crippen molar-refractivity contribution < 1.29 is 18.0 Å². The van der Waals surface area contributed by atoms with Crippen LogP contribution in [-0.4, -0.2) is 45.8 Å². The fourth-order valence-corrected chi connectivity index (χ4v) is 3.72. The average Bonchev–Trinajstić information content (AvgIpc) is 2.59. The van der Waals surface area contributed by atoms with Crippen molar-refractivity contribution in [3.63, 3.8) is 0 Å². The van der Waals surface area contributed by atoms with E-state index in [1.165, 1.54) is 29.2 Å². The Kier molecular flexibility index (Phi) is 6.45. The molecule has 144 valence electrons. The van der Waals surface area contributed by atoms with Crippen LogP contribution in [0.1, 0.15) is 15.9 Å². The number of nitrogens with one attached hydrogen (secondary N) is 2. The second-order valence-electron chi connectivity index (χ2n) is 6.07. The monoisotopic (exact) mass is 409 g/mol. The van der Waals surface area contributed by atoms with Gasteiger partial charge in [0, 0.05) is 24.7 Å². The fraction of sp³-hybridized carbons (Fsp3) is 0.222. The second kappa shape index (κ2) is 8.41. The van der Waals surface area contributed by atoms with E-state index < -0.39 is 15.9 Å². The lowest BCUT2D eigenvalue weighted by atomic mass is 10.1. The summed E-state index contributed by atoms with van der Waals surface area (Å²) >= 11 is 5.88. The summed E-state index contributed by atoms with van der Waals surface area (Å²) < 4.78 is 27.9. The molecule has 0 heterocycles. The number of amides is 2. The van der Waals surface area contributed by atoms with Crippen LogP contribution in [0.2, 0.25) is 5.02 Å². The maximum Gasteiger partial charge on any atom is 0.262 e.